The van der Waals surface area contributed by atoms with E-state index >= 15 is 0 Å². The Hall–Kier alpha value is -1.89. The predicted octanol–water partition coefficient (Wildman–Crippen LogP) is 11.1. The number of carbonyl (C=O) groups excluding carboxylic acids is 2. The van der Waals surface area contributed by atoms with Crippen LogP contribution < -0.4 is 0 Å². The molecule has 4 rings (SSSR count). The molecule has 1 heterocycles. The number of hydrogen-bond donors (Lipinski definition) is 0. The van der Waals surface area contributed by atoms with Crippen molar-refractivity contribution in [2.24, 2.45) is 17.3 Å². The molecule has 288 valence electrons. The largest absolute Gasteiger partial charge is 0.466 e. The molecule has 3 aliphatic rings. The zero-order chi connectivity index (χ0) is 35.5. The van der Waals surface area contributed by atoms with Gasteiger partial charge in [0.25, 0.3) is 0 Å². The van der Waals surface area contributed by atoms with Gasteiger partial charge in [-0.2, -0.15) is 0 Å². The minimum absolute atomic E-state index is 0.00432. The maximum absolute atomic E-state index is 12.4. The molecule has 7 nitrogen and oxygen atoms in total. The van der Waals surface area contributed by atoms with E-state index in [4.69, 9.17) is 9.47 Å². The number of nitrogens with zero attached hydrogens (tertiary/aromatic N) is 3. The number of aryl methyl sites for hydroxylation is 1. The first-order chi connectivity index (χ1) is 24.5. The highest BCUT2D eigenvalue weighted by Gasteiger charge is 2.57. The Balaban J connectivity index is 1.18. The van der Waals surface area contributed by atoms with Crippen LogP contribution in [0.1, 0.15) is 187 Å². The Kier molecular flexibility index (Phi) is 22.8. The molecule has 0 radical (unpaired) electrons. The maximum Gasteiger partial charge on any atom is 0.305 e. The van der Waals surface area contributed by atoms with E-state index in [1.165, 1.54) is 122 Å². The molecule has 0 atom stereocenters. The van der Waals surface area contributed by atoms with Gasteiger partial charge < -0.3 is 18.9 Å². The number of unbranched alkanes of at least 4 members (excludes halogenated alkanes) is 14. The fourth-order valence-corrected chi connectivity index (χ4v) is 8.21. The average Bonchev–Trinajstić information content (AvgIpc) is 3.59. The van der Waals surface area contributed by atoms with Gasteiger partial charge in [0.1, 0.15) is 0 Å². The second kappa shape index (κ2) is 26.8. The van der Waals surface area contributed by atoms with E-state index in [1.54, 1.807) is 0 Å². The highest BCUT2D eigenvalue weighted by molar-refractivity contribution is 5.69. The molecule has 3 aliphatic carbocycles. The Labute approximate surface area is 307 Å². The van der Waals surface area contributed by atoms with Crippen LogP contribution in [0.25, 0.3) is 0 Å². The number of rotatable bonds is 35. The normalized spacial score (nSPS) is 18.0. The van der Waals surface area contributed by atoms with Crippen LogP contribution in [-0.2, 0) is 25.6 Å². The lowest BCUT2D eigenvalue weighted by Crippen LogP contribution is -2.54. The predicted molar refractivity (Wildman–Crippen MR) is 206 cm³/mol. The van der Waals surface area contributed by atoms with Crippen LogP contribution >= 0.6 is 0 Å². The van der Waals surface area contributed by atoms with Crippen molar-refractivity contribution < 1.29 is 19.1 Å². The fraction of sp³-hybridized carbons (Fsp3) is 0.884. The van der Waals surface area contributed by atoms with E-state index in [0.717, 1.165) is 76.5 Å². The standard InChI is InChI=1S/C43H77N3O4/c1-3-5-7-15-22-39(23-16-8-6-4-2)26-33-49-41(47)24-17-11-9-13-19-28-45(30-21-31-46-32-27-44-38-46)29-20-14-10-12-18-25-42(48)50-37-43-34-40(35-43)36-43/h27,32,38-40H,3-26,28-31,33-37H2,1-2H3. The highest BCUT2D eigenvalue weighted by Crippen LogP contribution is 2.64. The first-order valence-corrected chi connectivity index (χ1v) is 21.5. The van der Waals surface area contributed by atoms with Crippen LogP contribution in [0.2, 0.25) is 0 Å². The second-order valence-electron chi connectivity index (χ2n) is 16.2. The molecular weight excluding hydrogens is 622 g/mol. The van der Waals surface area contributed by atoms with Crippen molar-refractivity contribution in [3.8, 4) is 0 Å². The molecule has 0 saturated heterocycles. The third kappa shape index (κ3) is 19.1. The van der Waals surface area contributed by atoms with Crippen LogP contribution in [0.15, 0.2) is 18.7 Å². The summed E-state index contributed by atoms with van der Waals surface area (Å²) in [5.74, 6) is 1.68. The van der Waals surface area contributed by atoms with Crippen molar-refractivity contribution in [1.29, 1.82) is 0 Å². The van der Waals surface area contributed by atoms with Gasteiger partial charge >= 0.3 is 11.9 Å². The average molecular weight is 700 g/mol. The molecule has 1 aromatic rings. The quantitative estimate of drug-likeness (QED) is 0.0519. The van der Waals surface area contributed by atoms with Gasteiger partial charge in [-0.15, -0.1) is 0 Å². The monoisotopic (exact) mass is 700 g/mol. The summed E-state index contributed by atoms with van der Waals surface area (Å²) in [5, 5.41) is 0. The van der Waals surface area contributed by atoms with Gasteiger partial charge in [-0.25, -0.2) is 4.98 Å². The summed E-state index contributed by atoms with van der Waals surface area (Å²) in [5.41, 5.74) is 0.394. The smallest absolute Gasteiger partial charge is 0.305 e. The van der Waals surface area contributed by atoms with Gasteiger partial charge in [0.2, 0.25) is 0 Å². The van der Waals surface area contributed by atoms with Crippen molar-refractivity contribution in [2.45, 2.75) is 194 Å². The van der Waals surface area contributed by atoms with Crippen molar-refractivity contribution in [3.05, 3.63) is 18.7 Å². The Bertz CT molecular complexity index is 954. The third-order valence-electron chi connectivity index (χ3n) is 11.6. The number of carbonyl (C=O) groups is 2. The summed E-state index contributed by atoms with van der Waals surface area (Å²) >= 11 is 0. The molecule has 0 unspecified atom stereocenters. The third-order valence-corrected chi connectivity index (χ3v) is 11.6. The maximum atomic E-state index is 12.4. The lowest BCUT2D eigenvalue weighted by molar-refractivity contribution is -0.174. The molecule has 0 amide bonds. The summed E-state index contributed by atoms with van der Waals surface area (Å²) in [4.78, 5) is 31.4. The van der Waals surface area contributed by atoms with Gasteiger partial charge in [-0.05, 0) is 89.3 Å². The van der Waals surface area contributed by atoms with Crippen LogP contribution in [0.4, 0.5) is 0 Å². The lowest BCUT2D eigenvalue weighted by Gasteiger charge is -2.61. The van der Waals surface area contributed by atoms with Crippen molar-refractivity contribution in [3.63, 3.8) is 0 Å². The second-order valence-corrected chi connectivity index (χ2v) is 16.2. The minimum Gasteiger partial charge on any atom is -0.466 e. The Morgan fingerprint density at radius 2 is 1.24 bits per heavy atom. The minimum atomic E-state index is 0.00432. The molecule has 0 spiro atoms. The molecule has 50 heavy (non-hydrogen) atoms. The van der Waals surface area contributed by atoms with Gasteiger partial charge in [0.15, 0.2) is 0 Å². The fourth-order valence-electron chi connectivity index (χ4n) is 8.21. The molecule has 2 bridgehead atoms. The van der Waals surface area contributed by atoms with Crippen LogP contribution in [-0.4, -0.2) is 59.2 Å². The number of esters is 2. The van der Waals surface area contributed by atoms with Crippen LogP contribution in [0, 0.1) is 17.3 Å². The van der Waals surface area contributed by atoms with Crippen molar-refractivity contribution in [2.75, 3.05) is 32.8 Å². The van der Waals surface area contributed by atoms with Gasteiger partial charge in [-0.1, -0.05) is 117 Å². The Morgan fingerprint density at radius 3 is 1.78 bits per heavy atom. The molecule has 1 aromatic heterocycles. The van der Waals surface area contributed by atoms with Gasteiger partial charge in [0.05, 0.1) is 19.5 Å². The molecule has 0 aromatic carbocycles. The number of imidazole rings is 1. The van der Waals surface area contributed by atoms with E-state index in [2.05, 4.69) is 28.3 Å². The summed E-state index contributed by atoms with van der Waals surface area (Å²) in [6.07, 6.45) is 37.6. The summed E-state index contributed by atoms with van der Waals surface area (Å²) in [7, 11) is 0. The molecule has 3 saturated carbocycles. The van der Waals surface area contributed by atoms with Crippen molar-refractivity contribution in [1.82, 2.24) is 14.5 Å². The topological polar surface area (TPSA) is 73.7 Å². The first kappa shape index (κ1) is 42.5. The van der Waals surface area contributed by atoms with E-state index in [-0.39, 0.29) is 11.9 Å². The van der Waals surface area contributed by atoms with E-state index in [9.17, 15) is 9.59 Å². The summed E-state index contributed by atoms with van der Waals surface area (Å²) in [6.45, 7) is 10.3. The summed E-state index contributed by atoms with van der Waals surface area (Å²) < 4.78 is 13.4. The zero-order valence-corrected chi connectivity index (χ0v) is 32.7. The lowest BCUT2D eigenvalue weighted by atomic mass is 9.45. The molecular formula is C43H77N3O4. The van der Waals surface area contributed by atoms with Gasteiger partial charge in [0, 0.05) is 37.2 Å². The number of ether oxygens (including phenoxy) is 2. The van der Waals surface area contributed by atoms with E-state index < -0.39 is 0 Å². The SMILES string of the molecule is CCCCCCC(CCCCCC)CCOC(=O)CCCCCCCN(CCCCCCCC(=O)OCC12CC(C1)C2)CCCn1ccnc1. The van der Waals surface area contributed by atoms with Crippen LogP contribution in [0.3, 0.4) is 0 Å². The molecule has 7 heteroatoms. The van der Waals surface area contributed by atoms with E-state index in [0.29, 0.717) is 31.5 Å². The molecule has 0 aliphatic heterocycles. The van der Waals surface area contributed by atoms with Crippen molar-refractivity contribution >= 4 is 11.9 Å². The molecule has 0 N–H and O–H groups in total. The highest BCUT2D eigenvalue weighted by atomic mass is 16.5. The van der Waals surface area contributed by atoms with Crippen LogP contribution in [0.5, 0.6) is 0 Å². The number of hydrogen-bond acceptors (Lipinski definition) is 6. The number of aromatic nitrogens is 2. The summed E-state index contributed by atoms with van der Waals surface area (Å²) in [6, 6.07) is 0. The Morgan fingerprint density at radius 1 is 0.700 bits per heavy atom. The first-order valence-electron chi connectivity index (χ1n) is 21.5. The zero-order valence-electron chi connectivity index (χ0n) is 32.7. The molecule has 3 fully saturated rings. The van der Waals surface area contributed by atoms with E-state index in [1.807, 2.05) is 18.7 Å². The van der Waals surface area contributed by atoms with Gasteiger partial charge in [-0.3, -0.25) is 9.59 Å².